The molecule has 0 unspecified atom stereocenters. The fourth-order valence-electron chi connectivity index (χ4n) is 1.22. The molecule has 0 N–H and O–H groups in total. The number of aromatic nitrogens is 1. The normalized spacial score (nSPS) is 9.27. The highest BCUT2D eigenvalue weighted by Crippen LogP contribution is 2.07. The molecule has 0 bridgehead atoms. The number of pyridine rings is 1. The van der Waals surface area contributed by atoms with Gasteiger partial charge >= 0.3 is 0 Å². The maximum Gasteiger partial charge on any atom is 0.182 e. The molecule has 2 nitrogen and oxygen atoms in total. The average molecular weight is 201 g/mol. The van der Waals surface area contributed by atoms with Gasteiger partial charge in [-0.05, 0) is 32.4 Å². The summed E-state index contributed by atoms with van der Waals surface area (Å²) in [7, 11) is 0. The first-order chi connectivity index (χ1) is 7.15. The first kappa shape index (κ1) is 11.5. The van der Waals surface area contributed by atoms with Crippen LogP contribution in [-0.4, -0.2) is 10.8 Å². The number of aryl methyl sites for hydroxylation is 2. The Labute approximate surface area is 90.7 Å². The van der Waals surface area contributed by atoms with Gasteiger partial charge in [-0.3, -0.25) is 4.79 Å². The third-order valence-electron chi connectivity index (χ3n) is 2.29. The molecule has 0 aliphatic heterocycles. The molecule has 0 radical (unpaired) electrons. The van der Waals surface area contributed by atoms with Gasteiger partial charge in [-0.2, -0.15) is 0 Å². The van der Waals surface area contributed by atoms with Crippen LogP contribution >= 0.6 is 0 Å². The zero-order valence-electron chi connectivity index (χ0n) is 9.42. The molecule has 1 aromatic rings. The average Bonchev–Trinajstić information content (AvgIpc) is 2.22. The van der Waals surface area contributed by atoms with Crippen molar-refractivity contribution < 1.29 is 4.79 Å². The van der Waals surface area contributed by atoms with Crippen molar-refractivity contribution in [1.29, 1.82) is 0 Å². The van der Waals surface area contributed by atoms with E-state index in [0.29, 0.717) is 18.5 Å². The van der Waals surface area contributed by atoms with Crippen molar-refractivity contribution in [3.8, 4) is 11.8 Å². The van der Waals surface area contributed by atoms with Crippen molar-refractivity contribution in [2.24, 2.45) is 0 Å². The fraction of sp³-hybridized carbons (Fsp3) is 0.385. The monoisotopic (exact) mass is 201 g/mol. The molecular formula is C13H15NO. The minimum absolute atomic E-state index is 0.0702. The first-order valence-corrected chi connectivity index (χ1v) is 5.02. The molecule has 0 aliphatic carbocycles. The Morgan fingerprint density at radius 3 is 2.73 bits per heavy atom. The molecule has 0 fully saturated rings. The quantitative estimate of drug-likeness (QED) is 0.556. The lowest BCUT2D eigenvalue weighted by Crippen LogP contribution is -2.03. The lowest BCUT2D eigenvalue weighted by Gasteiger charge is -2.02. The molecule has 0 atom stereocenters. The van der Waals surface area contributed by atoms with Gasteiger partial charge in [0.05, 0.1) is 0 Å². The highest BCUT2D eigenvalue weighted by Gasteiger charge is 2.07. The molecule has 1 heterocycles. The van der Waals surface area contributed by atoms with Gasteiger partial charge in [0.2, 0.25) is 0 Å². The summed E-state index contributed by atoms with van der Waals surface area (Å²) in [5, 5.41) is 0. The SMILES string of the molecule is CC#CCCC(=O)c1ccc(C)c(C)n1. The van der Waals surface area contributed by atoms with Crippen LogP contribution in [0.15, 0.2) is 12.1 Å². The number of ketones is 1. The maximum atomic E-state index is 11.7. The minimum atomic E-state index is 0.0702. The molecule has 0 aromatic carbocycles. The number of Topliss-reactive ketones (excluding diaryl/α,β-unsaturated/α-hetero) is 1. The van der Waals surface area contributed by atoms with Gasteiger partial charge < -0.3 is 0 Å². The fourth-order valence-corrected chi connectivity index (χ4v) is 1.22. The first-order valence-electron chi connectivity index (χ1n) is 5.02. The predicted octanol–water partition coefficient (Wildman–Crippen LogP) is 2.68. The van der Waals surface area contributed by atoms with E-state index in [1.807, 2.05) is 19.9 Å². The van der Waals surface area contributed by atoms with Crippen LogP contribution in [0.3, 0.4) is 0 Å². The van der Waals surface area contributed by atoms with Crippen molar-refractivity contribution in [2.45, 2.75) is 33.6 Å². The summed E-state index contributed by atoms with van der Waals surface area (Å²) in [6, 6.07) is 3.71. The lowest BCUT2D eigenvalue weighted by atomic mass is 10.1. The summed E-state index contributed by atoms with van der Waals surface area (Å²) in [6.07, 6.45) is 1.07. The third-order valence-corrected chi connectivity index (χ3v) is 2.29. The zero-order valence-corrected chi connectivity index (χ0v) is 9.42. The van der Waals surface area contributed by atoms with E-state index in [1.54, 1.807) is 13.0 Å². The van der Waals surface area contributed by atoms with Gasteiger partial charge in [0.1, 0.15) is 5.69 Å². The summed E-state index contributed by atoms with van der Waals surface area (Å²) in [6.45, 7) is 5.68. The van der Waals surface area contributed by atoms with E-state index in [1.165, 1.54) is 0 Å². The molecule has 0 saturated heterocycles. The molecule has 2 heteroatoms. The Morgan fingerprint density at radius 1 is 1.40 bits per heavy atom. The minimum Gasteiger partial charge on any atom is -0.292 e. The van der Waals surface area contributed by atoms with Crippen LogP contribution < -0.4 is 0 Å². The summed E-state index contributed by atoms with van der Waals surface area (Å²) in [5.41, 5.74) is 2.58. The molecular weight excluding hydrogens is 186 g/mol. The van der Waals surface area contributed by atoms with Gasteiger partial charge in [0, 0.05) is 18.5 Å². The van der Waals surface area contributed by atoms with Crippen LogP contribution in [0.25, 0.3) is 0 Å². The lowest BCUT2D eigenvalue weighted by molar-refractivity contribution is 0.0979. The second-order valence-electron chi connectivity index (χ2n) is 3.45. The summed E-state index contributed by atoms with van der Waals surface area (Å²) in [5.74, 6) is 5.72. The van der Waals surface area contributed by atoms with Crippen molar-refractivity contribution in [3.63, 3.8) is 0 Å². The molecule has 78 valence electrons. The molecule has 0 aliphatic rings. The number of hydrogen-bond donors (Lipinski definition) is 0. The van der Waals surface area contributed by atoms with Gasteiger partial charge in [-0.15, -0.1) is 11.8 Å². The Hall–Kier alpha value is -1.62. The van der Waals surface area contributed by atoms with Gasteiger partial charge in [-0.25, -0.2) is 4.98 Å². The van der Waals surface area contributed by atoms with Crippen molar-refractivity contribution >= 4 is 5.78 Å². The van der Waals surface area contributed by atoms with E-state index in [-0.39, 0.29) is 5.78 Å². The molecule has 1 aromatic heterocycles. The maximum absolute atomic E-state index is 11.7. The van der Waals surface area contributed by atoms with E-state index in [4.69, 9.17) is 0 Å². The van der Waals surface area contributed by atoms with Gasteiger partial charge in [-0.1, -0.05) is 6.07 Å². The Bertz CT molecular complexity index is 424. The standard InChI is InChI=1S/C13H15NO/c1-4-5-6-7-13(15)12-9-8-10(2)11(3)14-12/h8-9H,6-7H2,1-3H3. The van der Waals surface area contributed by atoms with Crippen LogP contribution in [0, 0.1) is 25.7 Å². The van der Waals surface area contributed by atoms with E-state index in [2.05, 4.69) is 16.8 Å². The third kappa shape index (κ3) is 3.21. The molecule has 0 saturated carbocycles. The van der Waals surface area contributed by atoms with E-state index in [9.17, 15) is 4.79 Å². The van der Waals surface area contributed by atoms with Crippen molar-refractivity contribution in [2.75, 3.05) is 0 Å². The summed E-state index contributed by atoms with van der Waals surface area (Å²) in [4.78, 5) is 15.9. The second-order valence-corrected chi connectivity index (χ2v) is 3.45. The van der Waals surface area contributed by atoms with Crippen LogP contribution in [-0.2, 0) is 0 Å². The zero-order chi connectivity index (χ0) is 11.3. The number of rotatable bonds is 3. The van der Waals surface area contributed by atoms with Crippen LogP contribution in [0.2, 0.25) is 0 Å². The topological polar surface area (TPSA) is 30.0 Å². The van der Waals surface area contributed by atoms with E-state index >= 15 is 0 Å². The van der Waals surface area contributed by atoms with Crippen LogP contribution in [0.4, 0.5) is 0 Å². The Balaban J connectivity index is 2.72. The predicted molar refractivity (Wildman–Crippen MR) is 60.7 cm³/mol. The van der Waals surface area contributed by atoms with E-state index in [0.717, 1.165) is 11.3 Å². The van der Waals surface area contributed by atoms with E-state index < -0.39 is 0 Å². The van der Waals surface area contributed by atoms with Gasteiger partial charge in [0.15, 0.2) is 5.78 Å². The number of carbonyl (C=O) groups excluding carboxylic acids is 1. The molecule has 1 rings (SSSR count). The van der Waals surface area contributed by atoms with Crippen LogP contribution in [0.5, 0.6) is 0 Å². The molecule has 15 heavy (non-hydrogen) atoms. The molecule has 0 spiro atoms. The van der Waals surface area contributed by atoms with Crippen molar-refractivity contribution in [1.82, 2.24) is 4.98 Å². The highest BCUT2D eigenvalue weighted by molar-refractivity contribution is 5.94. The van der Waals surface area contributed by atoms with Crippen molar-refractivity contribution in [3.05, 3.63) is 29.1 Å². The summed E-state index contributed by atoms with van der Waals surface area (Å²) >= 11 is 0. The Kier molecular flexibility index (Phi) is 4.05. The number of carbonyl (C=O) groups is 1. The van der Waals surface area contributed by atoms with Gasteiger partial charge in [0.25, 0.3) is 0 Å². The number of nitrogens with zero attached hydrogens (tertiary/aromatic N) is 1. The largest absolute Gasteiger partial charge is 0.292 e. The highest BCUT2D eigenvalue weighted by atomic mass is 16.1. The Morgan fingerprint density at radius 2 is 2.13 bits per heavy atom. The van der Waals surface area contributed by atoms with Crippen LogP contribution in [0.1, 0.15) is 41.5 Å². The molecule has 0 amide bonds. The summed E-state index contributed by atoms with van der Waals surface area (Å²) < 4.78 is 0. The number of hydrogen-bond acceptors (Lipinski definition) is 2. The second kappa shape index (κ2) is 5.31. The smallest absolute Gasteiger partial charge is 0.182 e.